The predicted octanol–water partition coefficient (Wildman–Crippen LogP) is 3.65. The number of hydrogen-bond donors (Lipinski definition) is 1. The molecule has 2 rings (SSSR count). The van der Waals surface area contributed by atoms with E-state index in [1.165, 1.54) is 0 Å². The van der Waals surface area contributed by atoms with Crippen LogP contribution in [0.25, 0.3) is 11.4 Å². The SMILES string of the molecule is O=C(O)c1cnc(-c2ccc(F)cc2Cl)nc1C(F)(F)F. The average Bonchev–Trinajstić information content (AvgIpc) is 2.37. The normalized spacial score (nSPS) is 11.5. The smallest absolute Gasteiger partial charge is 0.434 e. The van der Waals surface area contributed by atoms with Gasteiger partial charge in [0, 0.05) is 11.8 Å². The molecule has 0 bridgehead atoms. The summed E-state index contributed by atoms with van der Waals surface area (Å²) < 4.78 is 51.4. The zero-order chi connectivity index (χ0) is 15.8. The maximum atomic E-state index is 12.9. The molecule has 9 heteroatoms. The first kappa shape index (κ1) is 15.2. The second-order valence-corrected chi connectivity index (χ2v) is 4.29. The zero-order valence-corrected chi connectivity index (χ0v) is 10.7. The van der Waals surface area contributed by atoms with Gasteiger partial charge in [0.2, 0.25) is 0 Å². The maximum Gasteiger partial charge on any atom is 0.434 e. The van der Waals surface area contributed by atoms with Crippen LogP contribution in [0.2, 0.25) is 5.02 Å². The Hall–Kier alpha value is -2.22. The third-order valence-corrected chi connectivity index (χ3v) is 2.77. The Morgan fingerprint density at radius 1 is 1.29 bits per heavy atom. The van der Waals surface area contributed by atoms with Gasteiger partial charge in [-0.15, -0.1) is 0 Å². The molecule has 1 N–H and O–H groups in total. The summed E-state index contributed by atoms with van der Waals surface area (Å²) in [6, 6.07) is 2.97. The molecule has 110 valence electrons. The van der Waals surface area contributed by atoms with E-state index in [0.717, 1.165) is 18.2 Å². The molecular formula is C12H5ClF4N2O2. The van der Waals surface area contributed by atoms with Crippen LogP contribution in [0, 0.1) is 5.82 Å². The average molecular weight is 321 g/mol. The van der Waals surface area contributed by atoms with Crippen LogP contribution in [0.1, 0.15) is 16.1 Å². The van der Waals surface area contributed by atoms with Crippen molar-refractivity contribution < 1.29 is 27.5 Å². The number of carboxylic acids is 1. The van der Waals surface area contributed by atoms with Crippen LogP contribution in [0.3, 0.4) is 0 Å². The van der Waals surface area contributed by atoms with Crippen molar-refractivity contribution in [3.63, 3.8) is 0 Å². The topological polar surface area (TPSA) is 63.1 Å². The van der Waals surface area contributed by atoms with Gasteiger partial charge < -0.3 is 5.11 Å². The fraction of sp³-hybridized carbons (Fsp3) is 0.0833. The van der Waals surface area contributed by atoms with E-state index < -0.39 is 35.0 Å². The molecule has 1 heterocycles. The molecular weight excluding hydrogens is 316 g/mol. The van der Waals surface area contributed by atoms with Crippen LogP contribution in [-0.2, 0) is 6.18 Å². The highest BCUT2D eigenvalue weighted by molar-refractivity contribution is 6.33. The Morgan fingerprint density at radius 3 is 2.48 bits per heavy atom. The molecule has 0 aliphatic heterocycles. The van der Waals surface area contributed by atoms with Gasteiger partial charge in [-0.2, -0.15) is 13.2 Å². The molecule has 1 aromatic heterocycles. The molecule has 0 saturated carbocycles. The monoisotopic (exact) mass is 320 g/mol. The fourth-order valence-electron chi connectivity index (χ4n) is 1.56. The number of hydrogen-bond acceptors (Lipinski definition) is 3. The molecule has 1 aromatic carbocycles. The zero-order valence-electron chi connectivity index (χ0n) is 9.95. The molecule has 0 aliphatic rings. The minimum atomic E-state index is -4.97. The van der Waals surface area contributed by atoms with Gasteiger partial charge in [-0.3, -0.25) is 0 Å². The van der Waals surface area contributed by atoms with E-state index in [0.29, 0.717) is 6.20 Å². The number of alkyl halides is 3. The third kappa shape index (κ3) is 3.10. The lowest BCUT2D eigenvalue weighted by Gasteiger charge is -2.11. The Kier molecular flexibility index (Phi) is 3.82. The van der Waals surface area contributed by atoms with E-state index in [2.05, 4.69) is 9.97 Å². The van der Waals surface area contributed by atoms with E-state index >= 15 is 0 Å². The second kappa shape index (κ2) is 5.28. The van der Waals surface area contributed by atoms with Crippen LogP contribution in [0.4, 0.5) is 17.6 Å². The van der Waals surface area contributed by atoms with Crippen molar-refractivity contribution in [2.75, 3.05) is 0 Å². The number of nitrogens with zero attached hydrogens (tertiary/aromatic N) is 2. The van der Waals surface area contributed by atoms with Crippen molar-refractivity contribution in [3.05, 3.63) is 46.5 Å². The van der Waals surface area contributed by atoms with Crippen LogP contribution < -0.4 is 0 Å². The van der Waals surface area contributed by atoms with Gasteiger partial charge in [-0.25, -0.2) is 19.2 Å². The molecule has 0 saturated heterocycles. The van der Waals surface area contributed by atoms with Gasteiger partial charge in [0.05, 0.1) is 5.02 Å². The van der Waals surface area contributed by atoms with Gasteiger partial charge in [0.25, 0.3) is 0 Å². The quantitative estimate of drug-likeness (QED) is 0.858. The number of carbonyl (C=O) groups is 1. The van der Waals surface area contributed by atoms with Crippen LogP contribution in [0.5, 0.6) is 0 Å². The Labute approximate surface area is 120 Å². The maximum absolute atomic E-state index is 12.9. The largest absolute Gasteiger partial charge is 0.478 e. The first-order chi connectivity index (χ1) is 9.70. The summed E-state index contributed by atoms with van der Waals surface area (Å²) in [6.07, 6.45) is -4.44. The molecule has 2 aromatic rings. The number of aromatic carboxylic acids is 1. The molecule has 0 spiro atoms. The highest BCUT2D eigenvalue weighted by Gasteiger charge is 2.38. The highest BCUT2D eigenvalue weighted by atomic mass is 35.5. The van der Waals surface area contributed by atoms with Crippen LogP contribution in [0.15, 0.2) is 24.4 Å². The van der Waals surface area contributed by atoms with Crippen LogP contribution >= 0.6 is 11.6 Å². The molecule has 21 heavy (non-hydrogen) atoms. The summed E-state index contributed by atoms with van der Waals surface area (Å²) in [6.45, 7) is 0. The lowest BCUT2D eigenvalue weighted by molar-refractivity contribution is -0.141. The lowest BCUT2D eigenvalue weighted by atomic mass is 10.1. The number of carboxylic acid groups (broad SMARTS) is 1. The summed E-state index contributed by atoms with van der Waals surface area (Å²) in [5.74, 6) is -2.93. The van der Waals surface area contributed by atoms with Crippen molar-refractivity contribution in [3.8, 4) is 11.4 Å². The van der Waals surface area contributed by atoms with Crippen molar-refractivity contribution in [1.29, 1.82) is 0 Å². The summed E-state index contributed by atoms with van der Waals surface area (Å²) in [5, 5.41) is 8.54. The number of benzene rings is 1. The van der Waals surface area contributed by atoms with Crippen molar-refractivity contribution in [1.82, 2.24) is 9.97 Å². The molecule has 0 amide bonds. The molecule has 0 radical (unpaired) electrons. The first-order valence-electron chi connectivity index (χ1n) is 5.33. The van der Waals surface area contributed by atoms with Crippen molar-refractivity contribution >= 4 is 17.6 Å². The summed E-state index contributed by atoms with van der Waals surface area (Å²) in [4.78, 5) is 17.5. The summed E-state index contributed by atoms with van der Waals surface area (Å²) >= 11 is 5.72. The van der Waals surface area contributed by atoms with E-state index in [1.807, 2.05) is 0 Å². The fourth-order valence-corrected chi connectivity index (χ4v) is 1.81. The predicted molar refractivity (Wildman–Crippen MR) is 64.4 cm³/mol. The van der Waals surface area contributed by atoms with E-state index in [-0.39, 0.29) is 10.6 Å². The van der Waals surface area contributed by atoms with E-state index in [4.69, 9.17) is 16.7 Å². The molecule has 0 atom stereocenters. The number of rotatable bonds is 2. The minimum Gasteiger partial charge on any atom is -0.478 e. The lowest BCUT2D eigenvalue weighted by Crippen LogP contribution is -2.16. The Morgan fingerprint density at radius 2 is 1.95 bits per heavy atom. The third-order valence-electron chi connectivity index (χ3n) is 2.46. The first-order valence-corrected chi connectivity index (χ1v) is 5.71. The second-order valence-electron chi connectivity index (χ2n) is 3.88. The standard InChI is InChI=1S/C12H5ClF4N2O2/c13-8-3-5(14)1-2-6(8)10-18-4-7(11(20)21)9(19-10)12(15,16)17/h1-4H,(H,20,21). The van der Waals surface area contributed by atoms with E-state index in [9.17, 15) is 22.4 Å². The van der Waals surface area contributed by atoms with Crippen molar-refractivity contribution in [2.45, 2.75) is 6.18 Å². The Bertz CT molecular complexity index is 719. The summed E-state index contributed by atoms with van der Waals surface area (Å²) in [5.41, 5.74) is -2.72. The van der Waals surface area contributed by atoms with Crippen LogP contribution in [-0.4, -0.2) is 21.0 Å². The van der Waals surface area contributed by atoms with Gasteiger partial charge in [0.15, 0.2) is 11.5 Å². The molecule has 4 nitrogen and oxygen atoms in total. The number of halogens is 5. The number of aromatic nitrogens is 2. The minimum absolute atomic E-state index is 0.0412. The van der Waals surface area contributed by atoms with Gasteiger partial charge in [-0.05, 0) is 18.2 Å². The summed E-state index contributed by atoms with van der Waals surface area (Å²) in [7, 11) is 0. The Balaban J connectivity index is 2.64. The molecule has 0 fully saturated rings. The molecule has 0 aliphatic carbocycles. The molecule has 0 unspecified atom stereocenters. The highest BCUT2D eigenvalue weighted by Crippen LogP contribution is 2.33. The van der Waals surface area contributed by atoms with Gasteiger partial charge in [0.1, 0.15) is 11.4 Å². The van der Waals surface area contributed by atoms with Gasteiger partial charge >= 0.3 is 12.1 Å². The van der Waals surface area contributed by atoms with Gasteiger partial charge in [-0.1, -0.05) is 11.6 Å². The van der Waals surface area contributed by atoms with Crippen molar-refractivity contribution in [2.24, 2.45) is 0 Å². The van der Waals surface area contributed by atoms with E-state index in [1.54, 1.807) is 0 Å².